The smallest absolute Gasteiger partial charge is 0.337 e. The highest BCUT2D eigenvalue weighted by molar-refractivity contribution is 7.88. The number of esters is 1. The second-order valence-electron chi connectivity index (χ2n) is 12.1. The molecule has 10 nitrogen and oxygen atoms in total. The van der Waals surface area contributed by atoms with Crippen molar-refractivity contribution in [1.29, 1.82) is 0 Å². The number of aryl methyl sites for hydroxylation is 2. The average molecular weight is 634 g/mol. The zero-order valence-electron chi connectivity index (χ0n) is 25.9. The monoisotopic (exact) mass is 633 g/mol. The molecule has 11 heteroatoms. The number of primary amides is 1. The van der Waals surface area contributed by atoms with E-state index < -0.39 is 45.9 Å². The predicted octanol–water partition coefficient (Wildman–Crippen LogP) is 3.88. The number of nitrogens with two attached hydrogens (primary N) is 1. The summed E-state index contributed by atoms with van der Waals surface area (Å²) in [7, 11) is -2.30. The van der Waals surface area contributed by atoms with E-state index in [0.717, 1.165) is 35.8 Å². The topological polar surface area (TPSA) is 156 Å². The van der Waals surface area contributed by atoms with Crippen LogP contribution in [0.5, 0.6) is 0 Å². The van der Waals surface area contributed by atoms with Crippen LogP contribution in [0.2, 0.25) is 0 Å². The summed E-state index contributed by atoms with van der Waals surface area (Å²) >= 11 is 0. The van der Waals surface area contributed by atoms with E-state index in [1.54, 1.807) is 41.3 Å². The fourth-order valence-electron chi connectivity index (χ4n) is 7.04. The van der Waals surface area contributed by atoms with Gasteiger partial charge in [-0.1, -0.05) is 48.7 Å². The summed E-state index contributed by atoms with van der Waals surface area (Å²) in [5, 5.41) is 10.2. The first-order chi connectivity index (χ1) is 21.3. The second kappa shape index (κ2) is 12.7. The van der Waals surface area contributed by atoms with Gasteiger partial charge in [0.25, 0.3) is 5.91 Å². The second-order valence-corrected chi connectivity index (χ2v) is 13.8. The highest BCUT2D eigenvalue weighted by atomic mass is 32.2. The van der Waals surface area contributed by atoms with Crippen LogP contribution in [0.1, 0.15) is 86.2 Å². The molecule has 0 radical (unpaired) electrons. The van der Waals surface area contributed by atoms with Gasteiger partial charge in [-0.05, 0) is 84.3 Å². The van der Waals surface area contributed by atoms with Gasteiger partial charge in [-0.25, -0.2) is 17.9 Å². The third-order valence-corrected chi connectivity index (χ3v) is 9.71. The number of ether oxygens (including phenoxy) is 1. The minimum absolute atomic E-state index is 0.281. The first-order valence-electron chi connectivity index (χ1n) is 15.0. The molecule has 4 N–H and O–H groups in total. The fraction of sp³-hybridized carbons (Fsp3) is 0.382. The van der Waals surface area contributed by atoms with Crippen molar-refractivity contribution in [1.82, 2.24) is 9.62 Å². The number of sulfonamides is 1. The van der Waals surface area contributed by atoms with Crippen molar-refractivity contribution in [2.75, 3.05) is 13.4 Å². The lowest BCUT2D eigenvalue weighted by atomic mass is 9.75. The zero-order chi connectivity index (χ0) is 32.6. The normalized spacial score (nSPS) is 21.7. The summed E-state index contributed by atoms with van der Waals surface area (Å²) in [6.45, 7) is 3.54. The minimum atomic E-state index is -3.58. The number of aliphatic hydroxyl groups excluding tert-OH is 1. The number of hydrogen-bond acceptors (Lipinski definition) is 7. The molecule has 0 saturated heterocycles. The van der Waals surface area contributed by atoms with Crippen LogP contribution in [-0.2, 0) is 26.2 Å². The number of benzene rings is 3. The molecule has 3 aromatic rings. The van der Waals surface area contributed by atoms with Gasteiger partial charge in [-0.15, -0.1) is 0 Å². The number of carbonyl (C=O) groups excluding carboxylic acids is 3. The van der Waals surface area contributed by atoms with Gasteiger partial charge in [0.1, 0.15) is 0 Å². The largest absolute Gasteiger partial charge is 0.465 e. The summed E-state index contributed by atoms with van der Waals surface area (Å²) < 4.78 is 32.4. The first kappa shape index (κ1) is 32.3. The van der Waals surface area contributed by atoms with Gasteiger partial charge in [-0.3, -0.25) is 9.59 Å². The van der Waals surface area contributed by atoms with Gasteiger partial charge in [0.2, 0.25) is 15.9 Å². The van der Waals surface area contributed by atoms with E-state index in [2.05, 4.69) is 4.72 Å². The Balaban J connectivity index is 1.72. The number of rotatable bonds is 8. The van der Waals surface area contributed by atoms with Crippen LogP contribution in [0, 0.1) is 13.8 Å². The fourth-order valence-corrected chi connectivity index (χ4v) is 7.86. The van der Waals surface area contributed by atoms with Crippen LogP contribution < -0.4 is 10.5 Å². The maximum Gasteiger partial charge on any atom is 0.337 e. The molecule has 45 heavy (non-hydrogen) atoms. The van der Waals surface area contributed by atoms with Gasteiger partial charge in [0.15, 0.2) is 0 Å². The van der Waals surface area contributed by atoms with E-state index >= 15 is 0 Å². The number of amides is 2. The molecular weight excluding hydrogens is 594 g/mol. The van der Waals surface area contributed by atoms with Gasteiger partial charge < -0.3 is 20.5 Å². The van der Waals surface area contributed by atoms with E-state index in [9.17, 15) is 27.9 Å². The van der Waals surface area contributed by atoms with Crippen LogP contribution in [0.15, 0.2) is 54.6 Å². The number of fused-ring (bicyclic) bond motifs is 1. The number of methoxy groups -OCH3 is 1. The summed E-state index contributed by atoms with van der Waals surface area (Å²) in [5.74, 6) is -2.42. The Hall–Kier alpha value is -4.06. The molecule has 3 aromatic carbocycles. The Morgan fingerprint density at radius 3 is 2.36 bits per heavy atom. The summed E-state index contributed by atoms with van der Waals surface area (Å²) in [6, 6.07) is 14.0. The van der Waals surface area contributed by atoms with Crippen LogP contribution in [0.3, 0.4) is 0 Å². The number of carbonyl (C=O) groups is 3. The van der Waals surface area contributed by atoms with Crippen LogP contribution in [-0.4, -0.2) is 61.7 Å². The predicted molar refractivity (Wildman–Crippen MR) is 170 cm³/mol. The van der Waals surface area contributed by atoms with Crippen molar-refractivity contribution in [3.8, 4) is 11.1 Å². The molecule has 2 amide bonds. The van der Waals surface area contributed by atoms with Crippen LogP contribution in [0.25, 0.3) is 11.1 Å². The molecule has 1 fully saturated rings. The summed E-state index contributed by atoms with van der Waals surface area (Å²) in [4.78, 5) is 41.9. The number of nitrogens with one attached hydrogen (secondary N) is 1. The highest BCUT2D eigenvalue weighted by Crippen LogP contribution is 2.47. The van der Waals surface area contributed by atoms with Crippen LogP contribution >= 0.6 is 0 Å². The molecule has 238 valence electrons. The van der Waals surface area contributed by atoms with E-state index in [-0.39, 0.29) is 18.1 Å². The number of nitrogens with zero attached hydrogens (tertiary/aromatic N) is 1. The lowest BCUT2D eigenvalue weighted by Gasteiger charge is -2.49. The first-order valence-corrected chi connectivity index (χ1v) is 16.9. The Kier molecular flexibility index (Phi) is 9.16. The van der Waals surface area contributed by atoms with Gasteiger partial charge >= 0.3 is 5.97 Å². The Morgan fingerprint density at radius 2 is 1.71 bits per heavy atom. The van der Waals surface area contributed by atoms with Crippen molar-refractivity contribution < 1.29 is 32.6 Å². The molecule has 1 saturated carbocycles. The molecule has 1 unspecified atom stereocenters. The third kappa shape index (κ3) is 6.38. The molecular formula is C34H39N3O7S. The molecule has 1 aliphatic heterocycles. The molecule has 1 heterocycles. The van der Waals surface area contributed by atoms with Gasteiger partial charge in [0, 0.05) is 17.6 Å². The molecule has 5 rings (SSSR count). The molecule has 0 spiro atoms. The molecule has 1 aliphatic carbocycles. The Bertz CT molecular complexity index is 1770. The average Bonchev–Trinajstić information content (AvgIpc) is 2.99. The number of aliphatic hydroxyl groups is 1. The van der Waals surface area contributed by atoms with Crippen molar-refractivity contribution in [3.05, 3.63) is 93.5 Å². The number of hydrogen-bond donors (Lipinski definition) is 3. The summed E-state index contributed by atoms with van der Waals surface area (Å²) in [5.41, 5.74) is 11.6. The Morgan fingerprint density at radius 1 is 1.00 bits per heavy atom. The Labute approximate surface area is 263 Å². The van der Waals surface area contributed by atoms with Crippen molar-refractivity contribution in [2.45, 2.75) is 70.2 Å². The van der Waals surface area contributed by atoms with E-state index in [4.69, 9.17) is 10.5 Å². The van der Waals surface area contributed by atoms with Gasteiger partial charge in [0.05, 0.1) is 37.5 Å². The maximum absolute atomic E-state index is 14.6. The summed E-state index contributed by atoms with van der Waals surface area (Å²) in [6.07, 6.45) is 3.83. The van der Waals surface area contributed by atoms with E-state index in [1.165, 1.54) is 7.11 Å². The third-order valence-electron chi connectivity index (χ3n) is 8.98. The van der Waals surface area contributed by atoms with Crippen LogP contribution in [0.4, 0.5) is 0 Å². The van der Waals surface area contributed by atoms with Crippen molar-refractivity contribution in [3.63, 3.8) is 0 Å². The highest BCUT2D eigenvalue weighted by Gasteiger charge is 2.49. The maximum atomic E-state index is 14.6. The molecule has 0 aromatic heterocycles. The minimum Gasteiger partial charge on any atom is -0.465 e. The molecule has 4 atom stereocenters. The van der Waals surface area contributed by atoms with E-state index in [1.807, 2.05) is 32.0 Å². The lowest BCUT2D eigenvalue weighted by Crippen LogP contribution is -2.59. The van der Waals surface area contributed by atoms with Crippen molar-refractivity contribution >= 4 is 27.8 Å². The lowest BCUT2D eigenvalue weighted by molar-refractivity contribution is -0.121. The standard InChI is InChI=1S/C34H39N3O7S/c1-19-9-12-24(20(2)15-19)31-30(32(35)39)27-17-21(25-13-11-22(34(41)44-3)16-23(25)18-38)10-14-26(27)33(40)37(31)29-8-6-5-7-28(29)36-45(4,42)43/h9-17,28-31,36,38H,5-8,18H2,1-4H3,(H2,35,39)/t28?,29-,30+,31-/m0/s1. The molecule has 0 bridgehead atoms. The van der Waals surface area contributed by atoms with Crippen molar-refractivity contribution in [2.24, 2.45) is 5.73 Å². The van der Waals surface area contributed by atoms with Gasteiger partial charge in [-0.2, -0.15) is 0 Å². The SMILES string of the molecule is COC(=O)c1ccc(-c2ccc3c(c2)[C@@H](C(N)=O)[C@H](c2ccc(C)cc2C)N([C@H]2CCCCC2NS(C)(=O)=O)C3=O)c(CO)c1. The zero-order valence-corrected chi connectivity index (χ0v) is 26.7. The quantitative estimate of drug-likeness (QED) is 0.318. The molecule has 2 aliphatic rings. The van der Waals surface area contributed by atoms with E-state index in [0.29, 0.717) is 40.7 Å².